The largest absolute Gasteiger partial charge is 0.462 e. The number of carbonyl (C=O) groups excluding carboxylic acids is 1. The van der Waals surface area contributed by atoms with Gasteiger partial charge in [0, 0.05) is 11.9 Å². The fraction of sp³-hybridized carbons (Fsp3) is 0.286. The lowest BCUT2D eigenvalue weighted by Crippen LogP contribution is -2.07. The van der Waals surface area contributed by atoms with Crippen molar-refractivity contribution < 1.29 is 9.53 Å². The van der Waals surface area contributed by atoms with Gasteiger partial charge in [0.25, 0.3) is 0 Å². The van der Waals surface area contributed by atoms with Crippen LogP contribution in [0.2, 0.25) is 0 Å². The minimum atomic E-state index is -0.615. The van der Waals surface area contributed by atoms with Crippen LogP contribution in [0, 0.1) is 25.2 Å². The Hall–Kier alpha value is -2.28. The third kappa shape index (κ3) is 3.63. The molecular formula is C14H16N2O2. The van der Waals surface area contributed by atoms with E-state index in [1.807, 2.05) is 32.0 Å². The smallest absolute Gasteiger partial charge is 0.350 e. The monoisotopic (exact) mass is 244 g/mol. The fourth-order valence-electron chi connectivity index (χ4n) is 1.33. The minimum absolute atomic E-state index is 0.0462. The van der Waals surface area contributed by atoms with Gasteiger partial charge < -0.3 is 10.1 Å². The molecular weight excluding hydrogens is 228 g/mol. The minimum Gasteiger partial charge on any atom is -0.462 e. The number of hydrogen-bond donors (Lipinski definition) is 1. The molecule has 1 aromatic rings. The summed E-state index contributed by atoms with van der Waals surface area (Å²) in [6, 6.07) is 7.62. The lowest BCUT2D eigenvalue weighted by Gasteiger charge is -2.05. The molecule has 0 spiro atoms. The number of carbonyl (C=O) groups is 1. The fourth-order valence-corrected chi connectivity index (χ4v) is 1.33. The number of rotatable bonds is 4. The highest BCUT2D eigenvalue weighted by Crippen LogP contribution is 2.14. The highest BCUT2D eigenvalue weighted by Gasteiger charge is 2.08. The summed E-state index contributed by atoms with van der Waals surface area (Å²) >= 11 is 0. The van der Waals surface area contributed by atoms with Crippen LogP contribution in [0.3, 0.4) is 0 Å². The van der Waals surface area contributed by atoms with Gasteiger partial charge in [0.1, 0.15) is 6.07 Å². The molecule has 0 amide bonds. The molecule has 0 bridgehead atoms. The third-order valence-electron chi connectivity index (χ3n) is 2.51. The molecule has 0 saturated carbocycles. The Morgan fingerprint density at radius 1 is 1.44 bits per heavy atom. The van der Waals surface area contributed by atoms with Crippen LogP contribution in [-0.2, 0) is 9.53 Å². The normalized spacial score (nSPS) is 10.7. The van der Waals surface area contributed by atoms with Crippen LogP contribution in [0.4, 0.5) is 5.69 Å². The van der Waals surface area contributed by atoms with Crippen molar-refractivity contribution in [3.63, 3.8) is 0 Å². The van der Waals surface area contributed by atoms with E-state index >= 15 is 0 Å². The molecule has 0 aliphatic carbocycles. The first-order valence-corrected chi connectivity index (χ1v) is 5.69. The van der Waals surface area contributed by atoms with Crippen molar-refractivity contribution in [2.75, 3.05) is 11.9 Å². The Balaban J connectivity index is 2.80. The van der Waals surface area contributed by atoms with E-state index in [2.05, 4.69) is 5.32 Å². The number of ether oxygens (including phenoxy) is 1. The average Bonchev–Trinajstić information content (AvgIpc) is 2.34. The van der Waals surface area contributed by atoms with Crippen LogP contribution >= 0.6 is 0 Å². The Kier molecular flexibility index (Phi) is 4.94. The van der Waals surface area contributed by atoms with Crippen molar-refractivity contribution >= 4 is 11.7 Å². The van der Waals surface area contributed by atoms with Gasteiger partial charge in [0.2, 0.25) is 0 Å². The number of hydrogen-bond acceptors (Lipinski definition) is 4. The number of nitriles is 1. The number of aryl methyl sites for hydroxylation is 2. The van der Waals surface area contributed by atoms with Gasteiger partial charge in [0.15, 0.2) is 5.57 Å². The molecule has 0 unspecified atom stereocenters. The summed E-state index contributed by atoms with van der Waals surface area (Å²) in [7, 11) is 0. The molecule has 94 valence electrons. The van der Waals surface area contributed by atoms with Gasteiger partial charge in [0.05, 0.1) is 6.61 Å². The van der Waals surface area contributed by atoms with Gasteiger partial charge >= 0.3 is 5.97 Å². The lowest BCUT2D eigenvalue weighted by molar-refractivity contribution is -0.138. The van der Waals surface area contributed by atoms with Crippen molar-refractivity contribution in [1.29, 1.82) is 5.26 Å². The molecule has 0 radical (unpaired) electrons. The van der Waals surface area contributed by atoms with Crippen LogP contribution in [0.15, 0.2) is 30.0 Å². The van der Waals surface area contributed by atoms with E-state index in [-0.39, 0.29) is 12.2 Å². The molecule has 1 rings (SSSR count). The maximum Gasteiger partial charge on any atom is 0.350 e. The lowest BCUT2D eigenvalue weighted by atomic mass is 10.1. The SMILES string of the molecule is CCOC(=O)/C(C#N)=C\Nc1ccc(C)c(C)c1. The summed E-state index contributed by atoms with van der Waals surface area (Å²) in [5.74, 6) is -0.615. The van der Waals surface area contributed by atoms with Gasteiger partial charge in [-0.15, -0.1) is 0 Å². The van der Waals surface area contributed by atoms with E-state index in [4.69, 9.17) is 10.00 Å². The number of anilines is 1. The second-order valence-electron chi connectivity index (χ2n) is 3.83. The maximum absolute atomic E-state index is 11.4. The molecule has 0 aliphatic rings. The first-order chi connectivity index (χ1) is 8.58. The van der Waals surface area contributed by atoms with E-state index in [9.17, 15) is 4.79 Å². The van der Waals surface area contributed by atoms with E-state index < -0.39 is 5.97 Å². The summed E-state index contributed by atoms with van der Waals surface area (Å²) in [6.07, 6.45) is 1.36. The molecule has 0 fully saturated rings. The Morgan fingerprint density at radius 2 is 2.17 bits per heavy atom. The van der Waals surface area contributed by atoms with Crippen molar-refractivity contribution in [3.8, 4) is 6.07 Å². The molecule has 0 saturated heterocycles. The highest BCUT2D eigenvalue weighted by molar-refractivity contribution is 5.93. The summed E-state index contributed by atoms with van der Waals surface area (Å²) in [5.41, 5.74) is 3.11. The number of nitrogens with zero attached hydrogens (tertiary/aromatic N) is 1. The van der Waals surface area contributed by atoms with Gasteiger partial charge in [-0.25, -0.2) is 4.79 Å². The zero-order valence-electron chi connectivity index (χ0n) is 10.8. The summed E-state index contributed by atoms with van der Waals surface area (Å²) in [6.45, 7) is 5.97. The van der Waals surface area contributed by atoms with E-state index in [1.165, 1.54) is 11.8 Å². The van der Waals surface area contributed by atoms with Gasteiger partial charge in [-0.3, -0.25) is 0 Å². The van der Waals surface area contributed by atoms with Crippen LogP contribution in [0.1, 0.15) is 18.1 Å². The van der Waals surface area contributed by atoms with Gasteiger partial charge in [-0.2, -0.15) is 5.26 Å². The Morgan fingerprint density at radius 3 is 2.72 bits per heavy atom. The molecule has 0 atom stereocenters. The Bertz CT molecular complexity index is 513. The molecule has 0 aromatic heterocycles. The summed E-state index contributed by atoms with van der Waals surface area (Å²) in [4.78, 5) is 11.4. The molecule has 0 heterocycles. The van der Waals surface area contributed by atoms with E-state index in [1.54, 1.807) is 13.0 Å². The standard InChI is InChI=1S/C14H16N2O2/c1-4-18-14(17)12(8-15)9-16-13-6-5-10(2)11(3)7-13/h5-7,9,16H,4H2,1-3H3/b12-9-. The number of esters is 1. The average molecular weight is 244 g/mol. The Labute approximate surface area is 107 Å². The quantitative estimate of drug-likeness (QED) is 0.502. The highest BCUT2D eigenvalue weighted by atomic mass is 16.5. The van der Waals surface area contributed by atoms with Crippen LogP contribution < -0.4 is 5.32 Å². The zero-order valence-corrected chi connectivity index (χ0v) is 10.8. The molecule has 1 N–H and O–H groups in total. The third-order valence-corrected chi connectivity index (χ3v) is 2.51. The second kappa shape index (κ2) is 6.45. The summed E-state index contributed by atoms with van der Waals surface area (Å²) in [5, 5.41) is 11.8. The molecule has 18 heavy (non-hydrogen) atoms. The number of benzene rings is 1. The predicted molar refractivity (Wildman–Crippen MR) is 69.9 cm³/mol. The van der Waals surface area contributed by atoms with E-state index in [0.717, 1.165) is 11.3 Å². The topological polar surface area (TPSA) is 62.1 Å². The first-order valence-electron chi connectivity index (χ1n) is 5.69. The maximum atomic E-state index is 11.4. The van der Waals surface area contributed by atoms with Crippen molar-refractivity contribution in [2.45, 2.75) is 20.8 Å². The van der Waals surface area contributed by atoms with Crippen molar-refractivity contribution in [1.82, 2.24) is 0 Å². The first kappa shape index (κ1) is 13.8. The zero-order chi connectivity index (χ0) is 13.5. The van der Waals surface area contributed by atoms with Crippen molar-refractivity contribution in [2.24, 2.45) is 0 Å². The van der Waals surface area contributed by atoms with Gasteiger partial charge in [-0.05, 0) is 44.0 Å². The number of nitrogens with one attached hydrogen (secondary N) is 1. The van der Waals surface area contributed by atoms with Crippen LogP contribution in [0.25, 0.3) is 0 Å². The molecule has 1 aromatic carbocycles. The van der Waals surface area contributed by atoms with Crippen LogP contribution in [0.5, 0.6) is 0 Å². The van der Waals surface area contributed by atoms with Crippen molar-refractivity contribution in [3.05, 3.63) is 41.1 Å². The molecule has 4 heteroatoms. The summed E-state index contributed by atoms with van der Waals surface area (Å²) < 4.78 is 4.76. The predicted octanol–water partition coefficient (Wildman–Crippen LogP) is 2.69. The van der Waals surface area contributed by atoms with Crippen LogP contribution in [-0.4, -0.2) is 12.6 Å². The molecule has 0 aliphatic heterocycles. The molecule has 4 nitrogen and oxygen atoms in total. The second-order valence-corrected chi connectivity index (χ2v) is 3.83. The van der Waals surface area contributed by atoms with E-state index in [0.29, 0.717) is 0 Å². The van der Waals surface area contributed by atoms with Gasteiger partial charge in [-0.1, -0.05) is 6.07 Å².